The molecular formula is C24H28ClNO4. The Labute approximate surface area is 182 Å². The van der Waals surface area contributed by atoms with Gasteiger partial charge in [-0.15, -0.1) is 6.58 Å². The lowest BCUT2D eigenvalue weighted by Crippen LogP contribution is -2.54. The summed E-state index contributed by atoms with van der Waals surface area (Å²) in [5, 5.41) is 22.0. The highest BCUT2D eigenvalue weighted by Gasteiger charge is 2.44. The van der Waals surface area contributed by atoms with Gasteiger partial charge in [-0.1, -0.05) is 61.0 Å². The molecular weight excluding hydrogens is 402 g/mol. The lowest BCUT2D eigenvalue weighted by molar-refractivity contribution is -0.146. The Hall–Kier alpha value is -2.34. The summed E-state index contributed by atoms with van der Waals surface area (Å²) in [7, 11) is 0. The van der Waals surface area contributed by atoms with Gasteiger partial charge in [-0.25, -0.2) is 4.79 Å². The maximum absolute atomic E-state index is 12.0. The molecule has 5 nitrogen and oxygen atoms in total. The van der Waals surface area contributed by atoms with E-state index in [9.17, 15) is 15.0 Å². The predicted molar refractivity (Wildman–Crippen MR) is 119 cm³/mol. The van der Waals surface area contributed by atoms with E-state index in [4.69, 9.17) is 16.3 Å². The molecule has 0 bridgehead atoms. The van der Waals surface area contributed by atoms with Crippen LogP contribution in [0.25, 0.3) is 11.1 Å². The molecule has 0 saturated carbocycles. The van der Waals surface area contributed by atoms with Crippen molar-refractivity contribution in [1.29, 1.82) is 0 Å². The fourth-order valence-electron chi connectivity index (χ4n) is 4.03. The summed E-state index contributed by atoms with van der Waals surface area (Å²) < 4.78 is 5.92. The number of allylic oxidation sites excluding steroid dienone is 1. The number of rotatable bonds is 7. The van der Waals surface area contributed by atoms with Crippen LogP contribution in [-0.2, 0) is 16.8 Å². The van der Waals surface area contributed by atoms with E-state index in [2.05, 4.69) is 25.6 Å². The van der Waals surface area contributed by atoms with Crippen LogP contribution in [0.5, 0.6) is 0 Å². The van der Waals surface area contributed by atoms with Gasteiger partial charge in [0.05, 0.1) is 13.2 Å². The number of carboxylic acid groups (broad SMARTS) is 1. The number of hydrogen-bond acceptors (Lipinski definition) is 3. The molecule has 30 heavy (non-hydrogen) atoms. The van der Waals surface area contributed by atoms with Gasteiger partial charge in [-0.2, -0.15) is 0 Å². The Morgan fingerprint density at radius 1 is 1.37 bits per heavy atom. The Morgan fingerprint density at radius 2 is 2.13 bits per heavy atom. The maximum Gasteiger partial charge on any atom is 0.407 e. The molecule has 2 N–H and O–H groups in total. The summed E-state index contributed by atoms with van der Waals surface area (Å²) in [6.45, 7) is 6.47. The van der Waals surface area contributed by atoms with E-state index in [1.54, 1.807) is 12.1 Å². The molecule has 1 unspecified atom stereocenters. The lowest BCUT2D eigenvalue weighted by atomic mass is 9.79. The van der Waals surface area contributed by atoms with Gasteiger partial charge >= 0.3 is 6.09 Å². The van der Waals surface area contributed by atoms with E-state index in [0.29, 0.717) is 23.4 Å². The molecule has 1 aliphatic rings. The van der Waals surface area contributed by atoms with Crippen LogP contribution in [0.15, 0.2) is 55.1 Å². The molecule has 0 aromatic heterocycles. The molecule has 160 valence electrons. The zero-order chi connectivity index (χ0) is 21.7. The second-order valence-corrected chi connectivity index (χ2v) is 7.96. The van der Waals surface area contributed by atoms with Gasteiger partial charge in [0.15, 0.2) is 0 Å². The first-order valence-corrected chi connectivity index (χ1v) is 10.6. The van der Waals surface area contributed by atoms with E-state index in [0.717, 1.165) is 17.5 Å². The van der Waals surface area contributed by atoms with Crippen molar-refractivity contribution in [2.75, 3.05) is 19.7 Å². The Bertz CT molecular complexity index is 916. The zero-order valence-electron chi connectivity index (χ0n) is 17.2. The van der Waals surface area contributed by atoms with Crippen molar-refractivity contribution in [3.8, 4) is 11.1 Å². The van der Waals surface area contributed by atoms with Crippen LogP contribution in [-0.4, -0.2) is 47.0 Å². The quantitative estimate of drug-likeness (QED) is 0.600. The molecule has 6 heteroatoms. The van der Waals surface area contributed by atoms with E-state index < -0.39 is 17.8 Å². The number of amides is 1. The van der Waals surface area contributed by atoms with Gasteiger partial charge in [0, 0.05) is 17.1 Å². The number of carbonyl (C=O) groups is 1. The van der Waals surface area contributed by atoms with Crippen LogP contribution < -0.4 is 0 Å². The van der Waals surface area contributed by atoms with E-state index >= 15 is 0 Å². The van der Waals surface area contributed by atoms with Gasteiger partial charge in [-0.3, -0.25) is 0 Å². The van der Waals surface area contributed by atoms with Crippen LogP contribution >= 0.6 is 11.6 Å². The first-order chi connectivity index (χ1) is 14.4. The van der Waals surface area contributed by atoms with Crippen molar-refractivity contribution < 1.29 is 19.7 Å². The molecule has 1 saturated heterocycles. The smallest absolute Gasteiger partial charge is 0.407 e. The molecule has 1 aliphatic heterocycles. The lowest BCUT2D eigenvalue weighted by Gasteiger charge is -2.42. The fourth-order valence-corrected chi connectivity index (χ4v) is 4.31. The number of aryl methyl sites for hydroxylation is 1. The highest BCUT2D eigenvalue weighted by Crippen LogP contribution is 2.42. The van der Waals surface area contributed by atoms with E-state index in [1.807, 2.05) is 24.3 Å². The Morgan fingerprint density at radius 3 is 2.83 bits per heavy atom. The molecule has 2 atom stereocenters. The molecule has 2 aromatic carbocycles. The molecule has 1 heterocycles. The Balaban J connectivity index is 2.13. The second-order valence-electron chi connectivity index (χ2n) is 7.56. The third-order valence-electron chi connectivity index (χ3n) is 5.70. The minimum absolute atomic E-state index is 0.0872. The van der Waals surface area contributed by atoms with Crippen molar-refractivity contribution in [3.05, 3.63) is 71.3 Å². The number of ether oxygens (including phenoxy) is 1. The predicted octanol–water partition coefficient (Wildman–Crippen LogP) is 5.10. The average molecular weight is 430 g/mol. The van der Waals surface area contributed by atoms with Crippen LogP contribution in [0.3, 0.4) is 0 Å². The van der Waals surface area contributed by atoms with Gasteiger partial charge in [0.2, 0.25) is 0 Å². The summed E-state index contributed by atoms with van der Waals surface area (Å²) in [5.41, 5.74) is 2.04. The second kappa shape index (κ2) is 9.65. The van der Waals surface area contributed by atoms with Crippen molar-refractivity contribution in [2.45, 2.75) is 37.9 Å². The molecule has 1 amide bonds. The molecule has 0 radical (unpaired) electrons. The van der Waals surface area contributed by atoms with Gasteiger partial charge in [0.25, 0.3) is 0 Å². The van der Waals surface area contributed by atoms with Gasteiger partial charge in [0.1, 0.15) is 11.7 Å². The third-order valence-corrected chi connectivity index (χ3v) is 6.02. The SMILES string of the molecule is C=CCC[C@@](O)(c1cccc(Cl)c1-c1cccc(CC)c1)C1CN(C(=O)O)CCO1. The normalized spacial score (nSPS) is 18.6. The van der Waals surface area contributed by atoms with Crippen LogP contribution in [0.4, 0.5) is 4.79 Å². The standard InChI is InChI=1S/C24H28ClNO4/c1-3-5-12-24(29,21-16-26(23(27)28)13-14-30-21)19-10-7-11-20(25)22(19)18-9-6-8-17(4-2)15-18/h3,6-11,15,21,29H,1,4-5,12-14,16H2,2H3,(H,27,28)/t21?,24-/m1/s1. The van der Waals surface area contributed by atoms with E-state index in [1.165, 1.54) is 10.5 Å². The summed E-state index contributed by atoms with van der Waals surface area (Å²) in [5.74, 6) is 0. The van der Waals surface area contributed by atoms with E-state index in [-0.39, 0.29) is 19.7 Å². The molecule has 1 fully saturated rings. The molecule has 0 spiro atoms. The van der Waals surface area contributed by atoms with Crippen LogP contribution in [0.2, 0.25) is 5.02 Å². The van der Waals surface area contributed by atoms with Gasteiger partial charge < -0.3 is 19.8 Å². The number of nitrogens with zero attached hydrogens (tertiary/aromatic N) is 1. The molecule has 0 aliphatic carbocycles. The molecule has 2 aromatic rings. The zero-order valence-corrected chi connectivity index (χ0v) is 17.9. The Kier molecular flexibility index (Phi) is 7.19. The first kappa shape index (κ1) is 22.3. The highest BCUT2D eigenvalue weighted by atomic mass is 35.5. The largest absolute Gasteiger partial charge is 0.465 e. The number of aliphatic hydroxyl groups is 1. The van der Waals surface area contributed by atoms with Gasteiger partial charge in [-0.05, 0) is 42.0 Å². The summed E-state index contributed by atoms with van der Waals surface area (Å²) >= 11 is 6.64. The van der Waals surface area contributed by atoms with Crippen molar-refractivity contribution in [1.82, 2.24) is 4.90 Å². The summed E-state index contributed by atoms with van der Waals surface area (Å²) in [6, 6.07) is 13.5. The molecule has 3 rings (SSSR count). The fraction of sp³-hybridized carbons (Fsp3) is 0.375. The number of halogens is 1. The number of benzene rings is 2. The van der Waals surface area contributed by atoms with Crippen molar-refractivity contribution in [3.63, 3.8) is 0 Å². The monoisotopic (exact) mass is 429 g/mol. The summed E-state index contributed by atoms with van der Waals surface area (Å²) in [6.07, 6.45) is 1.78. The van der Waals surface area contributed by atoms with Crippen molar-refractivity contribution in [2.24, 2.45) is 0 Å². The van der Waals surface area contributed by atoms with Crippen LogP contribution in [0, 0.1) is 0 Å². The summed E-state index contributed by atoms with van der Waals surface area (Å²) in [4.78, 5) is 12.8. The first-order valence-electron chi connectivity index (χ1n) is 10.2. The minimum Gasteiger partial charge on any atom is -0.465 e. The van der Waals surface area contributed by atoms with Crippen molar-refractivity contribution >= 4 is 17.7 Å². The highest BCUT2D eigenvalue weighted by molar-refractivity contribution is 6.33. The van der Waals surface area contributed by atoms with Crippen LogP contribution in [0.1, 0.15) is 30.9 Å². The third kappa shape index (κ3) is 4.53. The topological polar surface area (TPSA) is 70.0 Å². The number of hydrogen-bond donors (Lipinski definition) is 2. The average Bonchev–Trinajstić information content (AvgIpc) is 2.77. The minimum atomic E-state index is -1.43. The maximum atomic E-state index is 12.0. The number of morpholine rings is 1.